The van der Waals surface area contributed by atoms with Crippen LogP contribution in [0.1, 0.15) is 42.4 Å². The molecule has 3 aromatic rings. The highest BCUT2D eigenvalue weighted by molar-refractivity contribution is 7.09. The first-order chi connectivity index (χ1) is 11.3. The van der Waals surface area contributed by atoms with Crippen molar-refractivity contribution in [3.63, 3.8) is 0 Å². The fourth-order valence-corrected chi connectivity index (χ4v) is 3.85. The number of aromatic nitrogens is 6. The van der Waals surface area contributed by atoms with E-state index in [1.165, 1.54) is 30.8 Å². The Kier molecular flexibility index (Phi) is 4.04. The predicted molar refractivity (Wildman–Crippen MR) is 89.5 cm³/mol. The zero-order valence-corrected chi connectivity index (χ0v) is 14.4. The summed E-state index contributed by atoms with van der Waals surface area (Å²) in [7, 11) is 1.88. The van der Waals surface area contributed by atoms with E-state index in [4.69, 9.17) is 4.98 Å². The summed E-state index contributed by atoms with van der Waals surface area (Å²) in [6.07, 6.45) is 5.65. The number of nitrogens with zero attached hydrogens (tertiary/aromatic N) is 7. The molecule has 0 aliphatic heterocycles. The number of hydrogen-bond donors (Lipinski definition) is 0. The van der Waals surface area contributed by atoms with E-state index in [1.807, 2.05) is 18.8 Å². The summed E-state index contributed by atoms with van der Waals surface area (Å²) in [4.78, 5) is 11.3. The molecule has 1 fully saturated rings. The van der Waals surface area contributed by atoms with Gasteiger partial charge in [0.1, 0.15) is 11.5 Å². The minimum atomic E-state index is 0.553. The molecule has 0 saturated heterocycles. The van der Waals surface area contributed by atoms with Crippen LogP contribution in [0.4, 0.5) is 5.13 Å². The van der Waals surface area contributed by atoms with Gasteiger partial charge in [0.2, 0.25) is 5.13 Å². The average molecular weight is 347 g/mol. The lowest BCUT2D eigenvalue weighted by Gasteiger charge is -2.22. The van der Waals surface area contributed by atoms with Crippen LogP contribution in [0.25, 0.3) is 0 Å². The van der Waals surface area contributed by atoms with Gasteiger partial charge in [-0.2, -0.15) is 4.37 Å². The number of thiazole rings is 1. The second kappa shape index (κ2) is 6.32. The van der Waals surface area contributed by atoms with Crippen molar-refractivity contribution in [2.45, 2.75) is 38.3 Å². The largest absolute Gasteiger partial charge is 0.335 e. The molecule has 0 unspecified atom stereocenters. The molecule has 0 radical (unpaired) electrons. The van der Waals surface area contributed by atoms with E-state index < -0.39 is 0 Å². The molecule has 7 nitrogen and oxygen atoms in total. The van der Waals surface area contributed by atoms with E-state index in [1.54, 1.807) is 16.0 Å². The van der Waals surface area contributed by atoms with Gasteiger partial charge in [0, 0.05) is 36.1 Å². The van der Waals surface area contributed by atoms with Crippen molar-refractivity contribution in [1.82, 2.24) is 29.3 Å². The Morgan fingerprint density at radius 2 is 2.17 bits per heavy atom. The summed E-state index contributed by atoms with van der Waals surface area (Å²) in [5.41, 5.74) is 3.82. The van der Waals surface area contributed by atoms with E-state index in [0.717, 1.165) is 22.3 Å². The third-order valence-electron chi connectivity index (χ3n) is 4.01. The molecule has 0 spiro atoms. The molecule has 1 saturated carbocycles. The molecule has 0 bridgehead atoms. The van der Waals surface area contributed by atoms with Gasteiger partial charge in [-0.05, 0) is 12.8 Å². The summed E-state index contributed by atoms with van der Waals surface area (Å²) in [5.74, 6) is 1.55. The molecule has 23 heavy (non-hydrogen) atoms. The minimum absolute atomic E-state index is 0.553. The maximum Gasteiger partial charge on any atom is 0.205 e. The molecule has 120 valence electrons. The van der Waals surface area contributed by atoms with Gasteiger partial charge in [-0.15, -0.1) is 16.4 Å². The predicted octanol–water partition coefficient (Wildman–Crippen LogP) is 2.60. The molecule has 0 N–H and O–H groups in total. The third kappa shape index (κ3) is 3.25. The van der Waals surface area contributed by atoms with Gasteiger partial charge in [0.25, 0.3) is 0 Å². The fourth-order valence-electron chi connectivity index (χ4n) is 2.55. The van der Waals surface area contributed by atoms with Crippen LogP contribution in [0.3, 0.4) is 0 Å². The van der Waals surface area contributed by atoms with E-state index in [2.05, 4.69) is 29.9 Å². The molecule has 0 amide bonds. The molecule has 3 aromatic heterocycles. The quantitative estimate of drug-likeness (QED) is 0.682. The normalized spacial score (nSPS) is 14.8. The summed E-state index contributed by atoms with van der Waals surface area (Å²) in [5, 5.41) is 11.2. The third-order valence-corrected chi connectivity index (χ3v) is 5.44. The van der Waals surface area contributed by atoms with Crippen LogP contribution in [-0.4, -0.2) is 29.3 Å². The molecule has 4 rings (SSSR count). The molecule has 3 heterocycles. The maximum atomic E-state index is 4.77. The second-order valence-corrected chi connectivity index (χ2v) is 7.23. The highest BCUT2D eigenvalue weighted by Crippen LogP contribution is 2.36. The van der Waals surface area contributed by atoms with Crippen LogP contribution < -0.4 is 4.90 Å². The molecule has 1 aliphatic rings. The summed E-state index contributed by atoms with van der Waals surface area (Å²) < 4.78 is 6.28. The van der Waals surface area contributed by atoms with Crippen LogP contribution in [0.5, 0.6) is 0 Å². The summed E-state index contributed by atoms with van der Waals surface area (Å²) >= 11 is 3.08. The Morgan fingerprint density at radius 1 is 1.30 bits per heavy atom. The highest BCUT2D eigenvalue weighted by atomic mass is 32.1. The van der Waals surface area contributed by atoms with Crippen molar-refractivity contribution in [2.24, 2.45) is 7.05 Å². The molecule has 1 aliphatic carbocycles. The van der Waals surface area contributed by atoms with Gasteiger partial charge in [0.05, 0.1) is 24.3 Å². The van der Waals surface area contributed by atoms with Crippen LogP contribution >= 0.6 is 22.9 Å². The van der Waals surface area contributed by atoms with Crippen LogP contribution in [-0.2, 0) is 20.1 Å². The first-order valence-corrected chi connectivity index (χ1v) is 9.30. The van der Waals surface area contributed by atoms with Crippen LogP contribution in [0.2, 0.25) is 0 Å². The van der Waals surface area contributed by atoms with Crippen molar-refractivity contribution in [3.8, 4) is 0 Å². The number of anilines is 1. The molecular weight excluding hydrogens is 330 g/mol. The average Bonchev–Trinajstić information content (AvgIpc) is 3.19. The van der Waals surface area contributed by atoms with E-state index in [-0.39, 0.29) is 0 Å². The lowest BCUT2D eigenvalue weighted by molar-refractivity contribution is 0.405. The Hall–Kier alpha value is -1.87. The number of hydrogen-bond acceptors (Lipinski definition) is 8. The van der Waals surface area contributed by atoms with Gasteiger partial charge in [-0.25, -0.2) is 9.97 Å². The monoisotopic (exact) mass is 347 g/mol. The lowest BCUT2D eigenvalue weighted by Crippen LogP contribution is -2.22. The Bertz CT molecular complexity index is 760. The first-order valence-electron chi connectivity index (χ1n) is 7.59. The maximum absolute atomic E-state index is 4.77. The molecular formula is C14H17N7S2. The van der Waals surface area contributed by atoms with Crippen molar-refractivity contribution in [3.05, 3.63) is 34.3 Å². The van der Waals surface area contributed by atoms with Gasteiger partial charge in [-0.1, -0.05) is 11.6 Å². The van der Waals surface area contributed by atoms with E-state index >= 15 is 0 Å². The number of aryl methyl sites for hydroxylation is 1. The van der Waals surface area contributed by atoms with Gasteiger partial charge in [-0.3, -0.25) is 4.68 Å². The number of rotatable bonds is 6. The van der Waals surface area contributed by atoms with Crippen molar-refractivity contribution in [1.29, 1.82) is 0 Å². The van der Waals surface area contributed by atoms with Crippen molar-refractivity contribution >= 4 is 28.0 Å². The molecule has 0 aromatic carbocycles. The first kappa shape index (κ1) is 14.7. The lowest BCUT2D eigenvalue weighted by atomic mass is 9.85. The SMILES string of the molecule is Cn1cc(CN(Cc2cscn2)c2nc(C3CCC3)ns2)nn1. The van der Waals surface area contributed by atoms with Gasteiger partial charge >= 0.3 is 0 Å². The Morgan fingerprint density at radius 3 is 2.83 bits per heavy atom. The highest BCUT2D eigenvalue weighted by Gasteiger charge is 2.25. The van der Waals surface area contributed by atoms with Gasteiger partial charge < -0.3 is 4.90 Å². The Labute approximate surface area is 142 Å². The molecule has 9 heteroatoms. The van der Waals surface area contributed by atoms with Crippen LogP contribution in [0, 0.1) is 0 Å². The smallest absolute Gasteiger partial charge is 0.205 e. The van der Waals surface area contributed by atoms with E-state index in [0.29, 0.717) is 19.0 Å². The topological polar surface area (TPSA) is 72.6 Å². The summed E-state index contributed by atoms with van der Waals surface area (Å²) in [6, 6.07) is 0. The Balaban J connectivity index is 1.56. The minimum Gasteiger partial charge on any atom is -0.335 e. The summed E-state index contributed by atoms with van der Waals surface area (Å²) in [6.45, 7) is 1.37. The zero-order valence-electron chi connectivity index (χ0n) is 12.8. The van der Waals surface area contributed by atoms with E-state index in [9.17, 15) is 0 Å². The van der Waals surface area contributed by atoms with Crippen molar-refractivity contribution in [2.75, 3.05) is 4.90 Å². The fraction of sp³-hybridized carbons (Fsp3) is 0.500. The zero-order chi connectivity index (χ0) is 15.6. The second-order valence-electron chi connectivity index (χ2n) is 5.78. The van der Waals surface area contributed by atoms with Crippen molar-refractivity contribution < 1.29 is 0 Å². The van der Waals surface area contributed by atoms with Crippen LogP contribution in [0.15, 0.2) is 17.1 Å². The van der Waals surface area contributed by atoms with Gasteiger partial charge in [0.15, 0.2) is 0 Å². The molecule has 0 atom stereocenters. The standard InChI is InChI=1S/C14H17N7S2/c1-20-5-11(17-19-20)6-21(7-12-8-22-9-15-12)14-16-13(18-23-14)10-3-2-4-10/h5,8-10H,2-4,6-7H2,1H3.